The van der Waals surface area contributed by atoms with Gasteiger partial charge in [0, 0.05) is 17.4 Å². The maximum Gasteiger partial charge on any atom is 0.0589 e. The van der Waals surface area contributed by atoms with Crippen molar-refractivity contribution in [2.24, 2.45) is 5.92 Å². The summed E-state index contributed by atoms with van der Waals surface area (Å²) in [7, 11) is 0. The molecule has 1 aromatic rings. The lowest BCUT2D eigenvalue weighted by molar-refractivity contribution is 0.105. The molecule has 1 heterocycles. The van der Waals surface area contributed by atoms with Gasteiger partial charge in [-0.2, -0.15) is 0 Å². The summed E-state index contributed by atoms with van der Waals surface area (Å²) < 4.78 is 5.70. The average molecular weight is 337 g/mol. The zero-order valence-corrected chi connectivity index (χ0v) is 13.9. The maximum atomic E-state index is 5.70. The molecule has 3 rings (SSSR count). The summed E-state index contributed by atoms with van der Waals surface area (Å²) in [5.74, 6) is 1.41. The van der Waals surface area contributed by atoms with Crippen molar-refractivity contribution in [2.45, 2.75) is 62.3 Å². The molecule has 3 atom stereocenters. The Kier molecular flexibility index (Phi) is 4.83. The minimum Gasteiger partial charge on any atom is -0.378 e. The quantitative estimate of drug-likeness (QED) is 0.653. The fraction of sp³-hybridized carbons (Fsp3) is 0.667. The van der Waals surface area contributed by atoms with E-state index < -0.39 is 0 Å². The van der Waals surface area contributed by atoms with E-state index in [1.807, 2.05) is 0 Å². The Balaban J connectivity index is 1.68. The number of hydrogen-bond donors (Lipinski definition) is 0. The monoisotopic (exact) mass is 336 g/mol. The van der Waals surface area contributed by atoms with Gasteiger partial charge in [0.1, 0.15) is 0 Å². The predicted octanol–water partition coefficient (Wildman–Crippen LogP) is 5.60. The smallest absolute Gasteiger partial charge is 0.0589 e. The van der Waals surface area contributed by atoms with E-state index in [2.05, 4.69) is 47.1 Å². The first kappa shape index (κ1) is 14.6. The van der Waals surface area contributed by atoms with E-state index in [-0.39, 0.29) is 0 Å². The molecule has 2 aliphatic rings. The summed E-state index contributed by atoms with van der Waals surface area (Å²) in [4.78, 5) is 0.431. The highest BCUT2D eigenvalue weighted by molar-refractivity contribution is 9.09. The molecule has 1 aliphatic carbocycles. The molecule has 0 radical (unpaired) electrons. The van der Waals surface area contributed by atoms with Gasteiger partial charge in [0.25, 0.3) is 0 Å². The standard InChI is InChI=1S/C18H25BrO/c1-13-17(11-12-20-13)18(19)16-9-7-15(8-10-16)14-5-3-2-4-6-14/h7-10,13-14,17-18H,2-6,11-12H2,1H3. The van der Waals surface area contributed by atoms with E-state index in [4.69, 9.17) is 4.74 Å². The number of halogens is 1. The number of rotatable bonds is 3. The Morgan fingerprint density at radius 2 is 1.75 bits per heavy atom. The first-order chi connectivity index (χ1) is 9.75. The summed E-state index contributed by atoms with van der Waals surface area (Å²) in [6, 6.07) is 9.38. The fourth-order valence-electron chi connectivity index (χ4n) is 3.77. The van der Waals surface area contributed by atoms with Crippen LogP contribution >= 0.6 is 15.9 Å². The van der Waals surface area contributed by atoms with E-state index >= 15 is 0 Å². The van der Waals surface area contributed by atoms with Crippen molar-refractivity contribution >= 4 is 15.9 Å². The number of hydrogen-bond acceptors (Lipinski definition) is 1. The molecule has 110 valence electrons. The summed E-state index contributed by atoms with van der Waals surface area (Å²) in [6.07, 6.45) is 8.54. The Bertz CT molecular complexity index is 422. The summed E-state index contributed by atoms with van der Waals surface area (Å²) in [6.45, 7) is 3.11. The van der Waals surface area contributed by atoms with E-state index in [9.17, 15) is 0 Å². The van der Waals surface area contributed by atoms with Gasteiger partial charge in [-0.05, 0) is 43.2 Å². The minimum atomic E-state index is 0.373. The van der Waals surface area contributed by atoms with Crippen LogP contribution in [0, 0.1) is 5.92 Å². The second-order valence-electron chi connectivity index (χ2n) is 6.43. The average Bonchev–Trinajstić information content (AvgIpc) is 2.94. The van der Waals surface area contributed by atoms with Crippen LogP contribution in [0.5, 0.6) is 0 Å². The van der Waals surface area contributed by atoms with Crippen LogP contribution in [0.1, 0.15) is 67.3 Å². The molecule has 1 nitrogen and oxygen atoms in total. The van der Waals surface area contributed by atoms with Crippen LogP contribution in [-0.4, -0.2) is 12.7 Å². The molecule has 1 aromatic carbocycles. The van der Waals surface area contributed by atoms with E-state index in [0.717, 1.165) is 12.5 Å². The molecule has 0 amide bonds. The predicted molar refractivity (Wildman–Crippen MR) is 87.5 cm³/mol. The van der Waals surface area contributed by atoms with Crippen LogP contribution in [0.2, 0.25) is 0 Å². The third-order valence-electron chi connectivity index (χ3n) is 5.14. The second-order valence-corrected chi connectivity index (χ2v) is 7.42. The lowest BCUT2D eigenvalue weighted by Crippen LogP contribution is -2.16. The molecule has 0 aromatic heterocycles. The van der Waals surface area contributed by atoms with Gasteiger partial charge in [-0.25, -0.2) is 0 Å². The Labute approximate surface area is 131 Å². The van der Waals surface area contributed by atoms with Crippen LogP contribution in [0.25, 0.3) is 0 Å². The zero-order chi connectivity index (χ0) is 13.9. The summed E-state index contributed by atoms with van der Waals surface area (Å²) in [5.41, 5.74) is 2.95. The largest absolute Gasteiger partial charge is 0.378 e. The van der Waals surface area contributed by atoms with Gasteiger partial charge < -0.3 is 4.74 Å². The van der Waals surface area contributed by atoms with E-state index in [1.54, 1.807) is 5.56 Å². The minimum absolute atomic E-state index is 0.373. The highest BCUT2D eigenvalue weighted by Gasteiger charge is 2.31. The van der Waals surface area contributed by atoms with Crippen LogP contribution in [0.3, 0.4) is 0 Å². The Morgan fingerprint density at radius 3 is 2.35 bits per heavy atom. The highest BCUT2D eigenvalue weighted by Crippen LogP contribution is 2.40. The maximum absolute atomic E-state index is 5.70. The van der Waals surface area contributed by atoms with Crippen molar-refractivity contribution in [1.82, 2.24) is 0 Å². The van der Waals surface area contributed by atoms with Crippen molar-refractivity contribution < 1.29 is 4.74 Å². The van der Waals surface area contributed by atoms with Crippen molar-refractivity contribution in [3.63, 3.8) is 0 Å². The molecule has 2 fully saturated rings. The third-order valence-corrected chi connectivity index (χ3v) is 6.35. The molecular formula is C18H25BrO. The van der Waals surface area contributed by atoms with Crippen molar-refractivity contribution in [1.29, 1.82) is 0 Å². The topological polar surface area (TPSA) is 9.23 Å². The first-order valence-corrected chi connectivity index (χ1v) is 9.03. The Hall–Kier alpha value is -0.340. The highest BCUT2D eigenvalue weighted by atomic mass is 79.9. The van der Waals surface area contributed by atoms with Gasteiger partial charge in [0.15, 0.2) is 0 Å². The van der Waals surface area contributed by atoms with Crippen molar-refractivity contribution in [3.05, 3.63) is 35.4 Å². The molecule has 0 bridgehead atoms. The fourth-order valence-corrected chi connectivity index (χ4v) is 4.77. The van der Waals surface area contributed by atoms with Gasteiger partial charge in [0.05, 0.1) is 6.10 Å². The molecule has 1 saturated heterocycles. The van der Waals surface area contributed by atoms with Gasteiger partial charge in [-0.15, -0.1) is 0 Å². The summed E-state index contributed by atoms with van der Waals surface area (Å²) in [5, 5.41) is 0. The molecule has 2 heteroatoms. The summed E-state index contributed by atoms with van der Waals surface area (Å²) >= 11 is 3.89. The molecule has 0 spiro atoms. The van der Waals surface area contributed by atoms with Gasteiger partial charge >= 0.3 is 0 Å². The molecule has 20 heavy (non-hydrogen) atoms. The number of ether oxygens (including phenoxy) is 1. The molecular weight excluding hydrogens is 312 g/mol. The van der Waals surface area contributed by atoms with Crippen LogP contribution in [0.15, 0.2) is 24.3 Å². The lowest BCUT2D eigenvalue weighted by atomic mass is 9.83. The van der Waals surface area contributed by atoms with Gasteiger partial charge in [0.2, 0.25) is 0 Å². The molecule has 0 N–H and O–H groups in total. The number of alkyl halides is 1. The van der Waals surface area contributed by atoms with Crippen molar-refractivity contribution in [2.75, 3.05) is 6.61 Å². The molecule has 1 saturated carbocycles. The zero-order valence-electron chi connectivity index (χ0n) is 12.4. The van der Waals surface area contributed by atoms with Gasteiger partial charge in [-0.3, -0.25) is 0 Å². The van der Waals surface area contributed by atoms with Gasteiger partial charge in [-0.1, -0.05) is 59.5 Å². The SMILES string of the molecule is CC1OCCC1C(Br)c1ccc(C2CCCCC2)cc1. The molecule has 1 aliphatic heterocycles. The van der Waals surface area contributed by atoms with Crippen molar-refractivity contribution in [3.8, 4) is 0 Å². The van der Waals surface area contributed by atoms with Crippen LogP contribution in [0.4, 0.5) is 0 Å². The van der Waals surface area contributed by atoms with E-state index in [1.165, 1.54) is 44.1 Å². The van der Waals surface area contributed by atoms with Crippen LogP contribution < -0.4 is 0 Å². The Morgan fingerprint density at radius 1 is 1.05 bits per heavy atom. The first-order valence-electron chi connectivity index (χ1n) is 8.11. The van der Waals surface area contributed by atoms with E-state index in [0.29, 0.717) is 16.8 Å². The molecule has 3 unspecified atom stereocenters. The normalized spacial score (nSPS) is 29.5. The third kappa shape index (κ3) is 3.12. The second kappa shape index (κ2) is 6.62. The number of benzene rings is 1. The lowest BCUT2D eigenvalue weighted by Gasteiger charge is -2.24. The van der Waals surface area contributed by atoms with Crippen LogP contribution in [-0.2, 0) is 4.74 Å².